The van der Waals surface area contributed by atoms with Crippen LogP contribution in [0.5, 0.6) is 0 Å². The number of hydrogen-bond acceptors (Lipinski definition) is 1. The molecule has 0 aromatic rings. The quantitative estimate of drug-likeness (QED) is 0.630. The minimum Gasteiger partial charge on any atom is -0.297 e. The maximum absolute atomic E-state index is 2.80. The first kappa shape index (κ1) is 8.28. The van der Waals surface area contributed by atoms with E-state index < -0.39 is 0 Å². The van der Waals surface area contributed by atoms with E-state index in [1.54, 1.807) is 0 Å². The van der Waals surface area contributed by atoms with Gasteiger partial charge in [-0.05, 0) is 43.9 Å². The fourth-order valence-corrected chi connectivity index (χ4v) is 3.38. The first-order valence-electron chi connectivity index (χ1n) is 5.98. The highest BCUT2D eigenvalue weighted by Gasteiger charge is 2.51. The van der Waals surface area contributed by atoms with Crippen molar-refractivity contribution in [3.05, 3.63) is 0 Å². The fourth-order valence-electron chi connectivity index (χ4n) is 3.38. The van der Waals surface area contributed by atoms with Gasteiger partial charge in [0.1, 0.15) is 0 Å². The van der Waals surface area contributed by atoms with Gasteiger partial charge in [-0.3, -0.25) is 4.90 Å². The van der Waals surface area contributed by atoms with Crippen LogP contribution < -0.4 is 0 Å². The van der Waals surface area contributed by atoms with Crippen molar-refractivity contribution < 1.29 is 0 Å². The third kappa shape index (κ3) is 1.09. The molecule has 2 aliphatic carbocycles. The molecule has 3 rings (SSSR count). The van der Waals surface area contributed by atoms with E-state index in [0.29, 0.717) is 5.41 Å². The maximum Gasteiger partial charge on any atom is 0.0222 e. The lowest BCUT2D eigenvalue weighted by molar-refractivity contribution is -0.104. The average Bonchev–Trinajstić information content (AvgIpc) is 1.92. The predicted octanol–water partition coefficient (Wildman–Crippen LogP) is 2.81. The summed E-state index contributed by atoms with van der Waals surface area (Å²) in [5.74, 6) is 0. The first-order valence-corrected chi connectivity index (χ1v) is 5.98. The molecule has 1 saturated heterocycles. The second kappa shape index (κ2) is 2.50. The van der Waals surface area contributed by atoms with Gasteiger partial charge in [0, 0.05) is 18.6 Å². The molecule has 1 spiro atoms. The van der Waals surface area contributed by atoms with E-state index in [2.05, 4.69) is 11.8 Å². The van der Waals surface area contributed by atoms with Crippen molar-refractivity contribution in [2.45, 2.75) is 57.4 Å². The Hall–Kier alpha value is -0.0400. The van der Waals surface area contributed by atoms with Gasteiger partial charge in [-0.2, -0.15) is 0 Å². The van der Waals surface area contributed by atoms with Gasteiger partial charge in [0.25, 0.3) is 0 Å². The summed E-state index contributed by atoms with van der Waals surface area (Å²) in [7, 11) is 0. The lowest BCUT2D eigenvalue weighted by Crippen LogP contribution is -2.65. The van der Waals surface area contributed by atoms with Crippen LogP contribution in [0.25, 0.3) is 0 Å². The van der Waals surface area contributed by atoms with E-state index in [9.17, 15) is 0 Å². The van der Waals surface area contributed by atoms with Crippen molar-refractivity contribution >= 4 is 0 Å². The van der Waals surface area contributed by atoms with Gasteiger partial charge >= 0.3 is 0 Å². The van der Waals surface area contributed by atoms with Gasteiger partial charge in [0.2, 0.25) is 0 Å². The van der Waals surface area contributed by atoms with Crippen molar-refractivity contribution in [1.82, 2.24) is 4.90 Å². The van der Waals surface area contributed by atoms with E-state index in [4.69, 9.17) is 0 Å². The van der Waals surface area contributed by atoms with Crippen LogP contribution in [0.3, 0.4) is 0 Å². The zero-order valence-corrected chi connectivity index (χ0v) is 8.81. The molecule has 1 nitrogen and oxygen atoms in total. The van der Waals surface area contributed by atoms with Crippen molar-refractivity contribution in [3.8, 4) is 0 Å². The van der Waals surface area contributed by atoms with Crippen molar-refractivity contribution in [3.63, 3.8) is 0 Å². The molecule has 0 radical (unpaired) electrons. The second-order valence-corrected chi connectivity index (χ2v) is 5.91. The van der Waals surface area contributed by atoms with E-state index in [0.717, 1.165) is 5.54 Å². The summed E-state index contributed by atoms with van der Waals surface area (Å²) in [4.78, 5) is 2.80. The molecular formula is C12H21N. The summed E-state index contributed by atoms with van der Waals surface area (Å²) in [6.07, 6.45) is 10.5. The Morgan fingerprint density at radius 2 is 1.69 bits per heavy atom. The number of rotatable bonds is 2. The highest BCUT2D eigenvalue weighted by Crippen LogP contribution is 2.50. The fraction of sp³-hybridized carbons (Fsp3) is 1.00. The van der Waals surface area contributed by atoms with Gasteiger partial charge < -0.3 is 0 Å². The molecule has 2 saturated carbocycles. The molecule has 0 unspecified atom stereocenters. The standard InChI is InChI=1S/C12H21N/c1-11(4-2-5-11)10-13-9-8-12(13)6-3-7-12/h2-10H2,1H3. The number of hydrogen-bond donors (Lipinski definition) is 0. The molecule has 13 heavy (non-hydrogen) atoms. The van der Waals surface area contributed by atoms with E-state index in [1.165, 1.54) is 58.0 Å². The zero-order valence-electron chi connectivity index (χ0n) is 8.81. The Morgan fingerprint density at radius 1 is 1.00 bits per heavy atom. The summed E-state index contributed by atoms with van der Waals surface area (Å²) in [5, 5.41) is 0. The lowest BCUT2D eigenvalue weighted by Gasteiger charge is -2.61. The normalized spacial score (nSPS) is 34.8. The van der Waals surface area contributed by atoms with Gasteiger partial charge in [-0.25, -0.2) is 0 Å². The van der Waals surface area contributed by atoms with Crippen LogP contribution >= 0.6 is 0 Å². The zero-order chi connectivity index (χ0) is 8.94. The summed E-state index contributed by atoms with van der Waals surface area (Å²) in [6.45, 7) is 5.30. The third-order valence-electron chi connectivity index (χ3n) is 4.94. The average molecular weight is 179 g/mol. The van der Waals surface area contributed by atoms with Gasteiger partial charge in [0.05, 0.1) is 0 Å². The maximum atomic E-state index is 2.80. The van der Waals surface area contributed by atoms with Crippen LogP contribution in [0.15, 0.2) is 0 Å². The summed E-state index contributed by atoms with van der Waals surface area (Å²) in [5.41, 5.74) is 1.45. The van der Waals surface area contributed by atoms with Crippen molar-refractivity contribution in [1.29, 1.82) is 0 Å². The topological polar surface area (TPSA) is 3.24 Å². The summed E-state index contributed by atoms with van der Waals surface area (Å²) >= 11 is 0. The van der Waals surface area contributed by atoms with E-state index >= 15 is 0 Å². The molecule has 0 N–H and O–H groups in total. The molecule has 1 heterocycles. The first-order chi connectivity index (χ1) is 6.23. The van der Waals surface area contributed by atoms with Crippen LogP contribution in [0.4, 0.5) is 0 Å². The predicted molar refractivity (Wildman–Crippen MR) is 54.7 cm³/mol. The van der Waals surface area contributed by atoms with Crippen LogP contribution in [-0.4, -0.2) is 23.5 Å². The smallest absolute Gasteiger partial charge is 0.0222 e. The number of nitrogens with zero attached hydrogens (tertiary/aromatic N) is 1. The van der Waals surface area contributed by atoms with Crippen molar-refractivity contribution in [2.75, 3.05) is 13.1 Å². The van der Waals surface area contributed by atoms with Crippen LogP contribution in [0.2, 0.25) is 0 Å². The van der Waals surface area contributed by atoms with Gasteiger partial charge in [-0.1, -0.05) is 13.3 Å². The molecule has 3 fully saturated rings. The molecule has 0 bridgehead atoms. The minimum absolute atomic E-state index is 0.711. The lowest BCUT2D eigenvalue weighted by atomic mass is 9.64. The Morgan fingerprint density at radius 3 is 2.00 bits per heavy atom. The SMILES string of the molecule is CC1(CN2CCC23CCC3)CCC1. The minimum atomic E-state index is 0.711. The van der Waals surface area contributed by atoms with Crippen LogP contribution in [-0.2, 0) is 0 Å². The Balaban J connectivity index is 1.60. The van der Waals surface area contributed by atoms with Gasteiger partial charge in [-0.15, -0.1) is 0 Å². The molecule has 0 amide bonds. The summed E-state index contributed by atoms with van der Waals surface area (Å²) < 4.78 is 0. The highest BCUT2D eigenvalue weighted by molar-refractivity contribution is 5.07. The molecule has 0 aromatic heterocycles. The third-order valence-corrected chi connectivity index (χ3v) is 4.94. The molecule has 74 valence electrons. The molecule has 0 atom stereocenters. The molecule has 3 aliphatic rings. The molecule has 0 aromatic carbocycles. The van der Waals surface area contributed by atoms with Crippen LogP contribution in [0.1, 0.15) is 51.9 Å². The largest absolute Gasteiger partial charge is 0.297 e. The second-order valence-electron chi connectivity index (χ2n) is 5.91. The number of likely N-dealkylation sites (tertiary alicyclic amines) is 1. The van der Waals surface area contributed by atoms with E-state index in [1.807, 2.05) is 0 Å². The Labute approximate surface area is 81.5 Å². The Bertz CT molecular complexity index is 208. The Kier molecular flexibility index (Phi) is 1.59. The van der Waals surface area contributed by atoms with Gasteiger partial charge in [0.15, 0.2) is 0 Å². The van der Waals surface area contributed by atoms with E-state index in [-0.39, 0.29) is 0 Å². The van der Waals surface area contributed by atoms with Crippen LogP contribution in [0, 0.1) is 5.41 Å². The molecular weight excluding hydrogens is 158 g/mol. The summed E-state index contributed by atoms with van der Waals surface area (Å²) in [6, 6.07) is 0. The monoisotopic (exact) mass is 179 g/mol. The highest BCUT2D eigenvalue weighted by atomic mass is 15.3. The molecule has 1 heteroatoms. The molecule has 1 aliphatic heterocycles. The van der Waals surface area contributed by atoms with Crippen molar-refractivity contribution in [2.24, 2.45) is 5.41 Å².